The molecule has 0 fully saturated rings. The summed E-state index contributed by atoms with van der Waals surface area (Å²) in [5.41, 5.74) is 5.40. The number of rotatable bonds is 15. The first-order chi connectivity index (χ1) is 19.0. The van der Waals surface area contributed by atoms with E-state index in [0.717, 1.165) is 31.3 Å². The van der Waals surface area contributed by atoms with Gasteiger partial charge in [-0.1, -0.05) is 76.3 Å². The van der Waals surface area contributed by atoms with E-state index in [1.807, 2.05) is 13.0 Å². The fraction of sp³-hybridized carbons (Fsp3) is 0.375. The molecule has 8 heteroatoms. The van der Waals surface area contributed by atoms with Crippen LogP contribution in [0.2, 0.25) is 10.0 Å². The number of aliphatic hydroxyl groups is 1. The lowest BCUT2D eigenvalue weighted by molar-refractivity contribution is -0.149. The van der Waals surface area contributed by atoms with Crippen LogP contribution in [0.1, 0.15) is 58.9 Å². The molecule has 0 amide bonds. The third-order valence-corrected chi connectivity index (χ3v) is 6.55. The first-order valence-corrected chi connectivity index (χ1v) is 14.1. The molecule has 0 saturated carbocycles. The molecule has 0 heterocycles. The Bertz CT molecular complexity index is 1210. The van der Waals surface area contributed by atoms with E-state index in [1.54, 1.807) is 36.4 Å². The van der Waals surface area contributed by atoms with Gasteiger partial charge in [-0.2, -0.15) is 0 Å². The minimum Gasteiger partial charge on any atom is -0.463 e. The number of ether oxygens (including phenoxy) is 2. The van der Waals surface area contributed by atoms with E-state index in [-0.39, 0.29) is 19.6 Å². The van der Waals surface area contributed by atoms with Crippen molar-refractivity contribution in [1.29, 1.82) is 0 Å². The van der Waals surface area contributed by atoms with Gasteiger partial charge < -0.3 is 19.9 Å². The van der Waals surface area contributed by atoms with Crippen LogP contribution in [-0.4, -0.2) is 36.4 Å². The summed E-state index contributed by atoms with van der Waals surface area (Å²) in [7, 11) is 0. The lowest BCUT2D eigenvalue weighted by Gasteiger charge is -2.15. The van der Waals surface area contributed by atoms with Crippen molar-refractivity contribution in [2.24, 2.45) is 0 Å². The van der Waals surface area contributed by atoms with Gasteiger partial charge in [0.15, 0.2) is 0 Å². The summed E-state index contributed by atoms with van der Waals surface area (Å²) in [4.78, 5) is 24.5. The summed E-state index contributed by atoms with van der Waals surface area (Å²) < 4.78 is 10.3. The van der Waals surface area contributed by atoms with E-state index in [9.17, 15) is 14.7 Å². The summed E-state index contributed by atoms with van der Waals surface area (Å²) >= 11 is 12.5. The Hall–Kier alpha value is -3.06. The average Bonchev–Trinajstić information content (AvgIpc) is 2.89. The number of esters is 2. The highest BCUT2D eigenvalue weighted by Crippen LogP contribution is 2.33. The largest absolute Gasteiger partial charge is 0.463 e. The number of allylic oxidation sites excluding steroid dienone is 5. The van der Waals surface area contributed by atoms with Crippen LogP contribution < -0.4 is 5.32 Å². The second-order valence-electron chi connectivity index (χ2n) is 9.92. The maximum Gasteiger partial charge on any atom is 0.330 e. The molecule has 0 bridgehead atoms. The van der Waals surface area contributed by atoms with Gasteiger partial charge in [0.05, 0.1) is 22.2 Å². The van der Waals surface area contributed by atoms with Crippen LogP contribution in [0.5, 0.6) is 0 Å². The van der Waals surface area contributed by atoms with Gasteiger partial charge in [0.25, 0.3) is 0 Å². The molecular weight excluding hydrogens is 549 g/mol. The molecule has 0 radical (unpaired) electrons. The van der Waals surface area contributed by atoms with Crippen molar-refractivity contribution >= 4 is 46.5 Å². The van der Waals surface area contributed by atoms with Crippen LogP contribution in [0.3, 0.4) is 0 Å². The second kappa shape index (κ2) is 17.6. The number of carbonyl (C=O) groups is 2. The summed E-state index contributed by atoms with van der Waals surface area (Å²) in [6.07, 6.45) is 8.33. The normalized spacial score (nSPS) is 12.5. The Morgan fingerprint density at radius 3 is 2.20 bits per heavy atom. The van der Waals surface area contributed by atoms with Crippen LogP contribution in [-0.2, 0) is 25.5 Å². The minimum absolute atomic E-state index is 0.0391. The molecule has 2 rings (SSSR count). The van der Waals surface area contributed by atoms with Gasteiger partial charge in [-0.15, -0.1) is 0 Å². The van der Waals surface area contributed by atoms with E-state index in [2.05, 4.69) is 38.2 Å². The number of hydrogen-bond donors (Lipinski definition) is 2. The van der Waals surface area contributed by atoms with Gasteiger partial charge >= 0.3 is 11.9 Å². The molecule has 0 aromatic heterocycles. The summed E-state index contributed by atoms with van der Waals surface area (Å²) in [5.74, 6) is -1.07. The van der Waals surface area contributed by atoms with Gasteiger partial charge in [0, 0.05) is 11.8 Å². The van der Waals surface area contributed by atoms with Crippen LogP contribution in [0.4, 0.5) is 11.4 Å². The van der Waals surface area contributed by atoms with E-state index in [0.29, 0.717) is 27.0 Å². The number of para-hydroxylation sites is 2. The molecule has 1 atom stereocenters. The Labute approximate surface area is 247 Å². The third kappa shape index (κ3) is 12.9. The predicted molar refractivity (Wildman–Crippen MR) is 163 cm³/mol. The van der Waals surface area contributed by atoms with Crippen molar-refractivity contribution in [1.82, 2.24) is 0 Å². The fourth-order valence-corrected chi connectivity index (χ4v) is 4.21. The maximum atomic E-state index is 12.4. The zero-order chi connectivity index (χ0) is 29.5. The van der Waals surface area contributed by atoms with Gasteiger partial charge in [-0.05, 0) is 77.1 Å². The van der Waals surface area contributed by atoms with Crippen molar-refractivity contribution in [3.8, 4) is 0 Å². The highest BCUT2D eigenvalue weighted by molar-refractivity contribution is 6.39. The number of nitrogens with one attached hydrogen (secondary N) is 1. The van der Waals surface area contributed by atoms with E-state index in [1.165, 1.54) is 17.2 Å². The topological polar surface area (TPSA) is 84.9 Å². The monoisotopic (exact) mass is 587 g/mol. The van der Waals surface area contributed by atoms with Crippen molar-refractivity contribution in [2.75, 3.05) is 18.5 Å². The number of aliphatic hydroxyl groups excluding tert-OH is 1. The standard InChI is InChI=1S/C32H39Cl2NO5/c1-22(2)10-7-11-23(3)12-8-13-24(4)18-30(37)39-20-26(36)21-40-31(38)19-25-14-5-6-17-29(25)35-32-27(33)15-9-16-28(32)34/h5-6,9-10,12,14-18,26,35-36H,7-8,11,13,19-21H2,1-4H3/b23-12+,24-18+. The molecule has 2 aromatic carbocycles. The Morgan fingerprint density at radius 1 is 0.875 bits per heavy atom. The summed E-state index contributed by atoms with van der Waals surface area (Å²) in [5, 5.41) is 14.2. The maximum absolute atomic E-state index is 12.4. The van der Waals surface area contributed by atoms with Gasteiger partial charge in [0.2, 0.25) is 0 Å². The molecule has 2 N–H and O–H groups in total. The van der Waals surface area contributed by atoms with E-state index >= 15 is 0 Å². The smallest absolute Gasteiger partial charge is 0.330 e. The highest BCUT2D eigenvalue weighted by Gasteiger charge is 2.15. The van der Waals surface area contributed by atoms with Crippen LogP contribution in [0, 0.1) is 0 Å². The third-order valence-electron chi connectivity index (χ3n) is 5.92. The van der Waals surface area contributed by atoms with E-state index < -0.39 is 18.0 Å². The van der Waals surface area contributed by atoms with Crippen molar-refractivity contribution in [2.45, 2.75) is 65.9 Å². The highest BCUT2D eigenvalue weighted by atomic mass is 35.5. The lowest BCUT2D eigenvalue weighted by atomic mass is 10.1. The first-order valence-electron chi connectivity index (χ1n) is 13.3. The number of halogens is 2. The average molecular weight is 589 g/mol. The Morgan fingerprint density at radius 2 is 1.50 bits per heavy atom. The molecule has 0 aliphatic carbocycles. The molecule has 1 unspecified atom stereocenters. The molecule has 0 saturated heterocycles. The first kappa shape index (κ1) is 33.1. The molecular formula is C32H39Cl2NO5. The van der Waals surface area contributed by atoms with Crippen LogP contribution >= 0.6 is 23.2 Å². The molecule has 6 nitrogen and oxygen atoms in total. The molecule has 0 spiro atoms. The lowest BCUT2D eigenvalue weighted by Crippen LogP contribution is -2.25. The van der Waals surface area contributed by atoms with Crippen molar-refractivity contribution in [3.05, 3.63) is 93.0 Å². The van der Waals surface area contributed by atoms with Gasteiger partial charge in [0.1, 0.15) is 19.3 Å². The number of hydrogen-bond acceptors (Lipinski definition) is 6. The molecule has 0 aliphatic heterocycles. The fourth-order valence-electron chi connectivity index (χ4n) is 3.72. The summed E-state index contributed by atoms with van der Waals surface area (Å²) in [6.45, 7) is 7.61. The van der Waals surface area contributed by atoms with Gasteiger partial charge in [-0.25, -0.2) is 4.79 Å². The number of benzene rings is 2. The van der Waals surface area contributed by atoms with Crippen molar-refractivity contribution < 1.29 is 24.2 Å². The SMILES string of the molecule is CC(C)=CCC/C(C)=C/CC/C(C)=C/C(=O)OCC(O)COC(=O)Cc1ccccc1Nc1c(Cl)cccc1Cl. The summed E-state index contributed by atoms with van der Waals surface area (Å²) in [6, 6.07) is 12.4. The molecule has 40 heavy (non-hydrogen) atoms. The van der Waals surface area contributed by atoms with E-state index in [4.69, 9.17) is 32.7 Å². The predicted octanol–water partition coefficient (Wildman–Crippen LogP) is 8.15. The van der Waals surface area contributed by atoms with Gasteiger partial charge in [-0.3, -0.25) is 4.79 Å². The van der Waals surface area contributed by atoms with Crippen molar-refractivity contribution in [3.63, 3.8) is 0 Å². The molecule has 216 valence electrons. The molecule has 2 aromatic rings. The zero-order valence-electron chi connectivity index (χ0n) is 23.6. The Balaban J connectivity index is 1.75. The zero-order valence-corrected chi connectivity index (χ0v) is 25.1. The quantitative estimate of drug-likeness (QED) is 0.124. The second-order valence-corrected chi connectivity index (χ2v) is 10.7. The number of carbonyl (C=O) groups excluding carboxylic acids is 2. The van der Waals surface area contributed by atoms with Crippen LogP contribution in [0.25, 0.3) is 0 Å². The minimum atomic E-state index is -1.14. The number of anilines is 2. The Kier molecular flexibility index (Phi) is 14.6. The molecule has 0 aliphatic rings. The van der Waals surface area contributed by atoms with Crippen LogP contribution in [0.15, 0.2) is 77.4 Å².